The second-order valence-corrected chi connectivity index (χ2v) is 4.92. The summed E-state index contributed by atoms with van der Waals surface area (Å²) in [6, 6.07) is 6.06. The molecule has 0 spiro atoms. The third kappa shape index (κ3) is 3.28. The molecular formula is C14H20N4. The minimum Gasteiger partial charge on any atom is -0.330 e. The van der Waals surface area contributed by atoms with E-state index in [1.165, 1.54) is 12.8 Å². The van der Waals surface area contributed by atoms with Crippen molar-refractivity contribution in [3.05, 3.63) is 29.6 Å². The van der Waals surface area contributed by atoms with E-state index >= 15 is 0 Å². The molecule has 1 aliphatic heterocycles. The number of hydrogen-bond donors (Lipinski definition) is 1. The number of nitrogens with zero attached hydrogens (tertiary/aromatic N) is 3. The zero-order chi connectivity index (χ0) is 12.8. The smallest absolute Gasteiger partial charge is 0.144 e. The van der Waals surface area contributed by atoms with Gasteiger partial charge in [-0.25, -0.2) is 4.98 Å². The van der Waals surface area contributed by atoms with Gasteiger partial charge in [0.05, 0.1) is 0 Å². The van der Waals surface area contributed by atoms with Crippen molar-refractivity contribution in [2.75, 3.05) is 19.6 Å². The Hall–Kier alpha value is -1.44. The van der Waals surface area contributed by atoms with E-state index in [2.05, 4.69) is 16.0 Å². The van der Waals surface area contributed by atoms with Gasteiger partial charge < -0.3 is 5.73 Å². The van der Waals surface area contributed by atoms with Crippen LogP contribution in [0.1, 0.15) is 30.5 Å². The van der Waals surface area contributed by atoms with Crippen LogP contribution in [0.2, 0.25) is 0 Å². The summed E-state index contributed by atoms with van der Waals surface area (Å²) in [4.78, 5) is 6.51. The molecule has 2 rings (SSSR count). The van der Waals surface area contributed by atoms with Crippen molar-refractivity contribution in [2.45, 2.75) is 25.8 Å². The first-order chi connectivity index (χ1) is 8.83. The summed E-state index contributed by atoms with van der Waals surface area (Å²) in [6.45, 7) is 3.84. The Bertz CT molecular complexity index is 416. The van der Waals surface area contributed by atoms with Crippen LogP contribution in [0.4, 0.5) is 0 Å². The Balaban J connectivity index is 1.90. The molecule has 0 radical (unpaired) electrons. The van der Waals surface area contributed by atoms with Gasteiger partial charge in [-0.2, -0.15) is 5.26 Å². The molecule has 0 aliphatic carbocycles. The van der Waals surface area contributed by atoms with Gasteiger partial charge in [0.2, 0.25) is 0 Å². The predicted molar refractivity (Wildman–Crippen MR) is 70.6 cm³/mol. The molecule has 0 saturated carbocycles. The van der Waals surface area contributed by atoms with Crippen LogP contribution in [0.25, 0.3) is 0 Å². The monoisotopic (exact) mass is 244 g/mol. The average Bonchev–Trinajstić information content (AvgIpc) is 2.42. The van der Waals surface area contributed by atoms with Crippen molar-refractivity contribution in [2.24, 2.45) is 11.7 Å². The second-order valence-electron chi connectivity index (χ2n) is 4.92. The molecule has 0 unspecified atom stereocenters. The van der Waals surface area contributed by atoms with Gasteiger partial charge >= 0.3 is 0 Å². The summed E-state index contributed by atoms with van der Waals surface area (Å²) in [5.74, 6) is 0.788. The van der Waals surface area contributed by atoms with Crippen molar-refractivity contribution < 1.29 is 0 Å². The maximum absolute atomic E-state index is 9.02. The highest BCUT2D eigenvalue weighted by atomic mass is 15.1. The van der Waals surface area contributed by atoms with Crippen LogP contribution in [-0.2, 0) is 6.54 Å². The first kappa shape index (κ1) is 13.0. The predicted octanol–water partition coefficient (Wildman–Crippen LogP) is 1.51. The van der Waals surface area contributed by atoms with Gasteiger partial charge in [-0.3, -0.25) is 4.90 Å². The van der Waals surface area contributed by atoms with Crippen LogP contribution in [0.5, 0.6) is 0 Å². The average molecular weight is 244 g/mol. The number of likely N-dealkylation sites (tertiary alicyclic amines) is 1. The Morgan fingerprint density at radius 2 is 2.22 bits per heavy atom. The SMILES string of the molecule is N#Cc1ncccc1CN1CCC(CCN)CC1. The molecule has 0 aromatic carbocycles. The topological polar surface area (TPSA) is 65.9 Å². The molecule has 2 N–H and O–H groups in total. The van der Waals surface area contributed by atoms with Gasteiger partial charge in [-0.15, -0.1) is 0 Å². The fraction of sp³-hybridized carbons (Fsp3) is 0.571. The lowest BCUT2D eigenvalue weighted by atomic mass is 9.93. The van der Waals surface area contributed by atoms with E-state index in [0.29, 0.717) is 5.69 Å². The van der Waals surface area contributed by atoms with Crippen LogP contribution >= 0.6 is 0 Å². The molecule has 0 atom stereocenters. The van der Waals surface area contributed by atoms with Gasteiger partial charge in [0.25, 0.3) is 0 Å². The second kappa shape index (κ2) is 6.48. The molecule has 1 saturated heterocycles. The quantitative estimate of drug-likeness (QED) is 0.872. The highest BCUT2D eigenvalue weighted by Gasteiger charge is 2.19. The van der Waals surface area contributed by atoms with Crippen molar-refractivity contribution in [1.29, 1.82) is 5.26 Å². The molecule has 1 aromatic heterocycles. The molecular weight excluding hydrogens is 224 g/mol. The summed E-state index contributed by atoms with van der Waals surface area (Å²) in [6.07, 6.45) is 5.26. The molecule has 4 nitrogen and oxygen atoms in total. The lowest BCUT2D eigenvalue weighted by molar-refractivity contribution is 0.173. The summed E-state index contributed by atoms with van der Waals surface area (Å²) in [7, 11) is 0. The number of pyridine rings is 1. The third-order valence-electron chi connectivity index (χ3n) is 3.67. The van der Waals surface area contributed by atoms with Gasteiger partial charge in [0.1, 0.15) is 11.8 Å². The number of rotatable bonds is 4. The Morgan fingerprint density at radius 3 is 2.89 bits per heavy atom. The van der Waals surface area contributed by atoms with E-state index in [-0.39, 0.29) is 0 Å². The maximum Gasteiger partial charge on any atom is 0.144 e. The lowest BCUT2D eigenvalue weighted by Crippen LogP contribution is -2.34. The molecule has 0 amide bonds. The Labute approximate surface area is 108 Å². The van der Waals surface area contributed by atoms with Gasteiger partial charge in [0.15, 0.2) is 0 Å². The third-order valence-corrected chi connectivity index (χ3v) is 3.67. The van der Waals surface area contributed by atoms with E-state index in [1.807, 2.05) is 12.1 Å². The fourth-order valence-electron chi connectivity index (χ4n) is 2.58. The molecule has 0 bridgehead atoms. The summed E-state index contributed by atoms with van der Waals surface area (Å²) >= 11 is 0. The largest absolute Gasteiger partial charge is 0.330 e. The molecule has 18 heavy (non-hydrogen) atoms. The number of nitrogens with two attached hydrogens (primary N) is 1. The fourth-order valence-corrected chi connectivity index (χ4v) is 2.58. The standard InChI is InChI=1S/C14H20N4/c15-6-3-12-4-8-18(9-5-12)11-13-2-1-7-17-14(13)10-16/h1-2,7,12H,3-6,8-9,11,15H2. The van der Waals surface area contributed by atoms with Gasteiger partial charge in [-0.1, -0.05) is 6.07 Å². The number of hydrogen-bond acceptors (Lipinski definition) is 4. The molecule has 1 aromatic rings. The van der Waals surface area contributed by atoms with Crippen LogP contribution in [0.3, 0.4) is 0 Å². The summed E-state index contributed by atoms with van der Waals surface area (Å²) < 4.78 is 0. The lowest BCUT2D eigenvalue weighted by Gasteiger charge is -2.31. The van der Waals surface area contributed by atoms with E-state index in [9.17, 15) is 0 Å². The molecule has 2 heterocycles. The van der Waals surface area contributed by atoms with E-state index in [4.69, 9.17) is 11.0 Å². The van der Waals surface area contributed by atoms with E-state index < -0.39 is 0 Å². The molecule has 1 aliphatic rings. The minimum absolute atomic E-state index is 0.557. The molecule has 4 heteroatoms. The van der Waals surface area contributed by atoms with Crippen molar-refractivity contribution in [1.82, 2.24) is 9.88 Å². The highest BCUT2D eigenvalue weighted by molar-refractivity contribution is 5.30. The number of aromatic nitrogens is 1. The molecule has 1 fully saturated rings. The maximum atomic E-state index is 9.02. The van der Waals surface area contributed by atoms with E-state index in [0.717, 1.165) is 44.1 Å². The molecule has 96 valence electrons. The minimum atomic E-state index is 0.557. The zero-order valence-electron chi connectivity index (χ0n) is 10.7. The van der Waals surface area contributed by atoms with Gasteiger partial charge in [-0.05, 0) is 50.9 Å². The van der Waals surface area contributed by atoms with Crippen LogP contribution in [0.15, 0.2) is 18.3 Å². The van der Waals surface area contributed by atoms with Crippen LogP contribution in [0, 0.1) is 17.2 Å². The normalized spacial score (nSPS) is 17.6. The number of piperidine rings is 1. The van der Waals surface area contributed by atoms with Gasteiger partial charge in [0, 0.05) is 18.3 Å². The van der Waals surface area contributed by atoms with Crippen LogP contribution in [-0.4, -0.2) is 29.5 Å². The summed E-state index contributed by atoms with van der Waals surface area (Å²) in [5, 5.41) is 9.02. The zero-order valence-corrected chi connectivity index (χ0v) is 10.7. The van der Waals surface area contributed by atoms with Crippen molar-refractivity contribution in [3.8, 4) is 6.07 Å². The highest BCUT2D eigenvalue weighted by Crippen LogP contribution is 2.21. The van der Waals surface area contributed by atoms with Crippen LogP contribution < -0.4 is 5.73 Å². The van der Waals surface area contributed by atoms with Crippen molar-refractivity contribution in [3.63, 3.8) is 0 Å². The van der Waals surface area contributed by atoms with Crippen molar-refractivity contribution >= 4 is 0 Å². The van der Waals surface area contributed by atoms with E-state index in [1.54, 1.807) is 6.20 Å². The number of nitriles is 1. The Kier molecular flexibility index (Phi) is 4.68. The first-order valence-electron chi connectivity index (χ1n) is 6.60. The summed E-state index contributed by atoms with van der Waals surface area (Å²) in [5.41, 5.74) is 7.19. The Morgan fingerprint density at radius 1 is 1.44 bits per heavy atom. The first-order valence-corrected chi connectivity index (χ1v) is 6.60.